The highest BCUT2D eigenvalue weighted by Crippen LogP contribution is 2.21. The van der Waals surface area contributed by atoms with Gasteiger partial charge in [0, 0.05) is 50.0 Å². The number of nitrogens with one attached hydrogen (secondary N) is 1. The summed E-state index contributed by atoms with van der Waals surface area (Å²) in [7, 11) is -3.18. The van der Waals surface area contributed by atoms with E-state index in [-0.39, 0.29) is 0 Å². The number of halogens is 1. The molecule has 4 heterocycles. The first-order valence-corrected chi connectivity index (χ1v) is 10.1. The molecule has 0 bridgehead atoms. The lowest BCUT2D eigenvalue weighted by atomic mass is 10.3. The molecule has 27 heavy (non-hydrogen) atoms. The standard InChI is InChI=1S/C16H17FN6O3S/c1-27(25,26)22-4-2-21(3-5-22)15-6-11-10-23(20-13(11)9-19-15)16-7-14(24)12(17)8-18-16/h6-10H,2-5H2,1H3,(H,18,24). The Balaban J connectivity index is 1.60. The van der Waals surface area contributed by atoms with Gasteiger partial charge in [-0.1, -0.05) is 0 Å². The molecule has 1 saturated heterocycles. The van der Waals surface area contributed by atoms with Crippen LogP contribution in [0.1, 0.15) is 0 Å². The second-order valence-electron chi connectivity index (χ2n) is 6.35. The molecule has 0 saturated carbocycles. The number of sulfonamides is 1. The predicted octanol–water partition coefficient (Wildman–Crippen LogP) is 0.330. The summed E-state index contributed by atoms with van der Waals surface area (Å²) in [5, 5.41) is 5.14. The number of nitrogens with zero attached hydrogens (tertiary/aromatic N) is 5. The Bertz CT molecular complexity index is 1160. The molecule has 3 aromatic rings. The zero-order chi connectivity index (χ0) is 19.2. The van der Waals surface area contributed by atoms with Gasteiger partial charge in [0.25, 0.3) is 0 Å². The van der Waals surface area contributed by atoms with E-state index in [9.17, 15) is 17.6 Å². The van der Waals surface area contributed by atoms with Crippen molar-refractivity contribution in [2.75, 3.05) is 37.3 Å². The van der Waals surface area contributed by atoms with Crippen molar-refractivity contribution in [1.82, 2.24) is 24.1 Å². The van der Waals surface area contributed by atoms with Crippen molar-refractivity contribution in [2.24, 2.45) is 0 Å². The topological polar surface area (TPSA) is 104 Å². The van der Waals surface area contributed by atoms with Crippen molar-refractivity contribution >= 4 is 26.7 Å². The van der Waals surface area contributed by atoms with Crippen LogP contribution >= 0.6 is 0 Å². The number of aromatic amines is 1. The highest BCUT2D eigenvalue weighted by Gasteiger charge is 2.24. The quantitative estimate of drug-likeness (QED) is 0.689. The summed E-state index contributed by atoms with van der Waals surface area (Å²) in [6, 6.07) is 3.00. The van der Waals surface area contributed by atoms with Gasteiger partial charge in [0.15, 0.2) is 5.82 Å². The maximum absolute atomic E-state index is 13.1. The van der Waals surface area contributed by atoms with Gasteiger partial charge in [0.2, 0.25) is 15.5 Å². The maximum atomic E-state index is 13.1. The lowest BCUT2D eigenvalue weighted by Gasteiger charge is -2.33. The Labute approximate surface area is 154 Å². The lowest BCUT2D eigenvalue weighted by molar-refractivity contribution is 0.387. The fourth-order valence-electron chi connectivity index (χ4n) is 3.04. The van der Waals surface area contributed by atoms with Crippen molar-refractivity contribution in [3.8, 4) is 5.82 Å². The summed E-state index contributed by atoms with van der Waals surface area (Å²) in [5.41, 5.74) is -0.0930. The molecule has 1 aliphatic heterocycles. The van der Waals surface area contributed by atoms with E-state index in [1.54, 1.807) is 12.4 Å². The van der Waals surface area contributed by atoms with Crippen LogP contribution in [0.2, 0.25) is 0 Å². The van der Waals surface area contributed by atoms with E-state index in [4.69, 9.17) is 0 Å². The van der Waals surface area contributed by atoms with Gasteiger partial charge in [0.1, 0.15) is 17.2 Å². The molecular weight excluding hydrogens is 375 g/mol. The molecule has 1 fully saturated rings. The molecular formula is C16H17FN6O3S. The molecule has 11 heteroatoms. The van der Waals surface area contributed by atoms with Gasteiger partial charge >= 0.3 is 0 Å². The van der Waals surface area contributed by atoms with Crippen LogP contribution in [0, 0.1) is 5.82 Å². The third-order valence-electron chi connectivity index (χ3n) is 4.50. The summed E-state index contributed by atoms with van der Waals surface area (Å²) in [6.45, 7) is 1.92. The summed E-state index contributed by atoms with van der Waals surface area (Å²) < 4.78 is 39.3. The van der Waals surface area contributed by atoms with Crippen LogP contribution in [0.25, 0.3) is 16.7 Å². The Morgan fingerprint density at radius 1 is 1.19 bits per heavy atom. The monoisotopic (exact) mass is 392 g/mol. The van der Waals surface area contributed by atoms with Crippen molar-refractivity contribution in [3.05, 3.63) is 46.8 Å². The van der Waals surface area contributed by atoms with Crippen LogP contribution in [0.15, 0.2) is 35.5 Å². The van der Waals surface area contributed by atoms with Crippen molar-refractivity contribution < 1.29 is 12.8 Å². The van der Waals surface area contributed by atoms with Crippen molar-refractivity contribution in [3.63, 3.8) is 0 Å². The third-order valence-corrected chi connectivity index (χ3v) is 5.81. The minimum atomic E-state index is -3.18. The van der Waals surface area contributed by atoms with E-state index in [0.717, 1.165) is 23.5 Å². The largest absolute Gasteiger partial charge is 0.354 e. The van der Waals surface area contributed by atoms with Crippen molar-refractivity contribution in [1.29, 1.82) is 0 Å². The average Bonchev–Trinajstić information content (AvgIpc) is 3.06. The molecule has 1 N–H and O–H groups in total. The number of piperazine rings is 1. The first kappa shape index (κ1) is 17.6. The van der Waals surface area contributed by atoms with Gasteiger partial charge in [-0.3, -0.25) is 4.79 Å². The van der Waals surface area contributed by atoms with E-state index in [1.165, 1.54) is 15.2 Å². The number of hydrogen-bond donors (Lipinski definition) is 1. The van der Waals surface area contributed by atoms with Crippen molar-refractivity contribution in [2.45, 2.75) is 0 Å². The fourth-order valence-corrected chi connectivity index (χ4v) is 3.86. The maximum Gasteiger partial charge on any atom is 0.219 e. The number of fused-ring (bicyclic) bond motifs is 1. The highest BCUT2D eigenvalue weighted by atomic mass is 32.2. The summed E-state index contributed by atoms with van der Waals surface area (Å²) in [4.78, 5) is 20.6. The Morgan fingerprint density at radius 3 is 2.59 bits per heavy atom. The number of hydrogen-bond acceptors (Lipinski definition) is 6. The van der Waals surface area contributed by atoms with Crippen LogP contribution < -0.4 is 10.3 Å². The van der Waals surface area contributed by atoms with Crippen LogP contribution in [0.5, 0.6) is 0 Å². The van der Waals surface area contributed by atoms with Gasteiger partial charge < -0.3 is 9.88 Å². The Morgan fingerprint density at radius 2 is 1.93 bits per heavy atom. The van der Waals surface area contributed by atoms with Crippen LogP contribution in [0.4, 0.5) is 10.2 Å². The molecule has 0 radical (unpaired) electrons. The van der Waals surface area contributed by atoms with Crippen LogP contribution in [-0.4, -0.2) is 64.9 Å². The Hall–Kier alpha value is -2.79. The van der Waals surface area contributed by atoms with E-state index in [2.05, 4.69) is 15.1 Å². The van der Waals surface area contributed by atoms with Gasteiger partial charge in [0.05, 0.1) is 12.5 Å². The van der Waals surface area contributed by atoms with Gasteiger partial charge in [-0.05, 0) is 6.07 Å². The summed E-state index contributed by atoms with van der Waals surface area (Å²) >= 11 is 0. The molecule has 9 nitrogen and oxygen atoms in total. The SMILES string of the molecule is CS(=O)(=O)N1CCN(c2cc3cn(-c4cc(=O)c(F)c[nH]4)nc3cn2)CC1. The molecule has 142 valence electrons. The third kappa shape index (κ3) is 3.43. The predicted molar refractivity (Wildman–Crippen MR) is 98.1 cm³/mol. The minimum absolute atomic E-state index is 0.348. The van der Waals surface area contributed by atoms with E-state index in [0.29, 0.717) is 37.5 Å². The van der Waals surface area contributed by atoms with E-state index < -0.39 is 21.3 Å². The van der Waals surface area contributed by atoms with E-state index >= 15 is 0 Å². The number of anilines is 1. The first-order chi connectivity index (χ1) is 12.8. The smallest absolute Gasteiger partial charge is 0.219 e. The van der Waals surface area contributed by atoms with Gasteiger partial charge in [-0.15, -0.1) is 0 Å². The second-order valence-corrected chi connectivity index (χ2v) is 8.34. The molecule has 0 amide bonds. The molecule has 0 unspecified atom stereocenters. The minimum Gasteiger partial charge on any atom is -0.354 e. The second kappa shape index (κ2) is 6.43. The first-order valence-electron chi connectivity index (χ1n) is 8.25. The highest BCUT2D eigenvalue weighted by molar-refractivity contribution is 7.88. The Kier molecular flexibility index (Phi) is 4.19. The molecule has 4 rings (SSSR count). The lowest BCUT2D eigenvalue weighted by Crippen LogP contribution is -2.48. The van der Waals surface area contributed by atoms with Gasteiger partial charge in [-0.25, -0.2) is 22.5 Å². The molecule has 0 atom stereocenters. The fraction of sp³-hybridized carbons (Fsp3) is 0.312. The molecule has 0 aliphatic carbocycles. The zero-order valence-electron chi connectivity index (χ0n) is 14.5. The zero-order valence-corrected chi connectivity index (χ0v) is 15.3. The van der Waals surface area contributed by atoms with Crippen LogP contribution in [0.3, 0.4) is 0 Å². The number of H-pyrrole nitrogens is 1. The molecule has 1 aliphatic rings. The van der Waals surface area contributed by atoms with Gasteiger partial charge in [-0.2, -0.15) is 9.40 Å². The number of aromatic nitrogens is 4. The van der Waals surface area contributed by atoms with E-state index in [1.807, 2.05) is 11.0 Å². The van der Waals surface area contributed by atoms with Crippen LogP contribution in [-0.2, 0) is 10.0 Å². The molecule has 3 aromatic heterocycles. The normalized spacial score (nSPS) is 16.1. The number of rotatable bonds is 3. The summed E-state index contributed by atoms with van der Waals surface area (Å²) in [5.74, 6) is 0.219. The molecule has 0 spiro atoms. The number of pyridine rings is 2. The summed E-state index contributed by atoms with van der Waals surface area (Å²) in [6.07, 6.45) is 5.54. The molecule has 0 aromatic carbocycles. The average molecular weight is 392 g/mol.